The van der Waals surface area contributed by atoms with E-state index in [1.54, 1.807) is 43.4 Å². The lowest BCUT2D eigenvalue weighted by Crippen LogP contribution is -1.94. The van der Waals surface area contributed by atoms with Crippen LogP contribution in [0.5, 0.6) is 0 Å². The summed E-state index contributed by atoms with van der Waals surface area (Å²) < 4.78 is 11.0. The summed E-state index contributed by atoms with van der Waals surface area (Å²) in [6, 6.07) is 3.41. The smallest absolute Gasteiger partial charge is 0.339 e. The van der Waals surface area contributed by atoms with Crippen LogP contribution in [0, 0.1) is 13.8 Å². The van der Waals surface area contributed by atoms with Gasteiger partial charge in [0.1, 0.15) is 28.6 Å². The topological polar surface area (TPSA) is 80.7 Å². The number of rotatable bonds is 9. The largest absolute Gasteiger partial charge is 0.478 e. The molecule has 1 N–H and O–H groups in total. The fraction of sp³-hybridized carbons (Fsp3) is 0.412. The van der Waals surface area contributed by atoms with Gasteiger partial charge in [0.2, 0.25) is 0 Å². The first-order chi connectivity index (χ1) is 11.4. The van der Waals surface area contributed by atoms with E-state index >= 15 is 0 Å². The molecule has 0 amide bonds. The first kappa shape index (κ1) is 18.7. The molecule has 2 heterocycles. The third-order valence-electron chi connectivity index (χ3n) is 3.41. The lowest BCUT2D eigenvalue weighted by atomic mass is 10.2. The summed E-state index contributed by atoms with van der Waals surface area (Å²) in [6.45, 7) is 5.00. The molecule has 0 aromatic carbocycles. The Bertz CT molecular complexity index is 667. The molecule has 0 unspecified atom stereocenters. The van der Waals surface area contributed by atoms with Crippen molar-refractivity contribution in [3.05, 3.63) is 46.3 Å². The normalized spacial score (nSPS) is 11.0. The van der Waals surface area contributed by atoms with Gasteiger partial charge in [0.15, 0.2) is 5.78 Å². The van der Waals surface area contributed by atoms with E-state index in [4.69, 9.17) is 13.9 Å². The van der Waals surface area contributed by atoms with E-state index < -0.39 is 5.97 Å². The Kier molecular flexibility index (Phi) is 6.62. The Morgan fingerprint density at radius 2 is 1.42 bits per heavy atom. The van der Waals surface area contributed by atoms with Crippen LogP contribution in [-0.4, -0.2) is 28.4 Å². The monoisotopic (exact) mass is 368 g/mol. The van der Waals surface area contributed by atoms with Gasteiger partial charge in [-0.15, -0.1) is 0 Å². The number of carboxylic acid groups (broad SMARTS) is 1. The van der Waals surface area contributed by atoms with Gasteiger partial charge in [0.25, 0.3) is 0 Å². The predicted molar refractivity (Wildman–Crippen MR) is 96.2 cm³/mol. The number of furan rings is 2. The van der Waals surface area contributed by atoms with Gasteiger partial charge < -0.3 is 13.9 Å². The third kappa shape index (κ3) is 4.95. The Hall–Kier alpha value is -1.60. The summed E-state index contributed by atoms with van der Waals surface area (Å²) in [6.07, 6.45) is 0. The molecule has 2 rings (SSSR count). The van der Waals surface area contributed by atoms with E-state index in [0.29, 0.717) is 28.6 Å². The molecule has 5 nitrogen and oxygen atoms in total. The molecule has 130 valence electrons. The van der Waals surface area contributed by atoms with E-state index in [-0.39, 0.29) is 11.3 Å². The maximum absolute atomic E-state index is 11.4. The standard InChI is InChI=1S/C17H20O5S2/c1-10(18)15-6-13(21-11(15)2)8-23-4-5-24-9-14-7-16(17(19)20)12(3)22-14/h6-7H,4-5,8-9H2,1-3H3,(H,19,20). The molecule has 0 aliphatic heterocycles. The van der Waals surface area contributed by atoms with Crippen LogP contribution < -0.4 is 0 Å². The minimum atomic E-state index is -0.957. The highest BCUT2D eigenvalue weighted by Crippen LogP contribution is 2.23. The molecular formula is C17H20O5S2. The van der Waals surface area contributed by atoms with Crippen molar-refractivity contribution in [1.29, 1.82) is 0 Å². The van der Waals surface area contributed by atoms with Crippen LogP contribution >= 0.6 is 23.5 Å². The van der Waals surface area contributed by atoms with E-state index in [0.717, 1.165) is 23.0 Å². The lowest BCUT2D eigenvalue weighted by molar-refractivity contribution is 0.0694. The lowest BCUT2D eigenvalue weighted by Gasteiger charge is -1.99. The summed E-state index contributed by atoms with van der Waals surface area (Å²) in [4.78, 5) is 22.3. The molecule has 0 radical (unpaired) electrons. The molecule has 0 fully saturated rings. The number of hydrogen-bond acceptors (Lipinski definition) is 6. The van der Waals surface area contributed by atoms with Crippen LogP contribution in [0.1, 0.15) is 50.7 Å². The van der Waals surface area contributed by atoms with Gasteiger partial charge in [-0.1, -0.05) is 0 Å². The van der Waals surface area contributed by atoms with Crippen molar-refractivity contribution >= 4 is 35.3 Å². The number of hydrogen-bond donors (Lipinski definition) is 1. The molecule has 0 aliphatic carbocycles. The number of ketones is 1. The third-order valence-corrected chi connectivity index (χ3v) is 5.63. The fourth-order valence-electron chi connectivity index (χ4n) is 2.25. The number of thioether (sulfide) groups is 2. The highest BCUT2D eigenvalue weighted by Gasteiger charge is 2.13. The second-order valence-electron chi connectivity index (χ2n) is 5.33. The van der Waals surface area contributed by atoms with Gasteiger partial charge in [-0.3, -0.25) is 4.79 Å². The van der Waals surface area contributed by atoms with Crippen LogP contribution in [0.25, 0.3) is 0 Å². The van der Waals surface area contributed by atoms with Gasteiger partial charge in [-0.05, 0) is 32.9 Å². The highest BCUT2D eigenvalue weighted by atomic mass is 32.2. The van der Waals surface area contributed by atoms with Crippen molar-refractivity contribution in [2.45, 2.75) is 32.3 Å². The molecule has 0 saturated carbocycles. The summed E-state index contributed by atoms with van der Waals surface area (Å²) in [5.74, 6) is 4.95. The van der Waals surface area contributed by atoms with Crippen LogP contribution in [-0.2, 0) is 11.5 Å². The maximum Gasteiger partial charge on any atom is 0.339 e. The van der Waals surface area contributed by atoms with E-state index in [9.17, 15) is 9.59 Å². The zero-order valence-electron chi connectivity index (χ0n) is 13.9. The van der Waals surface area contributed by atoms with Gasteiger partial charge in [-0.25, -0.2) is 4.79 Å². The van der Waals surface area contributed by atoms with Crippen LogP contribution in [0.15, 0.2) is 21.0 Å². The van der Waals surface area contributed by atoms with Gasteiger partial charge in [0, 0.05) is 11.5 Å². The Balaban J connectivity index is 1.68. The first-order valence-electron chi connectivity index (χ1n) is 7.46. The van der Waals surface area contributed by atoms with Crippen molar-refractivity contribution < 1.29 is 23.5 Å². The quantitative estimate of drug-likeness (QED) is 0.513. The van der Waals surface area contributed by atoms with Crippen molar-refractivity contribution in [1.82, 2.24) is 0 Å². The first-order valence-corrected chi connectivity index (χ1v) is 9.77. The minimum absolute atomic E-state index is 0.0255. The number of carbonyl (C=O) groups excluding carboxylic acids is 1. The molecule has 0 atom stereocenters. The zero-order chi connectivity index (χ0) is 17.7. The maximum atomic E-state index is 11.4. The Morgan fingerprint density at radius 3 is 1.79 bits per heavy atom. The zero-order valence-corrected chi connectivity index (χ0v) is 15.5. The summed E-state index contributed by atoms with van der Waals surface area (Å²) in [5, 5.41) is 8.98. The molecule has 24 heavy (non-hydrogen) atoms. The minimum Gasteiger partial charge on any atom is -0.478 e. The van der Waals surface area contributed by atoms with Crippen LogP contribution in [0.2, 0.25) is 0 Å². The highest BCUT2D eigenvalue weighted by molar-refractivity contribution is 8.02. The molecule has 0 bridgehead atoms. The van der Waals surface area contributed by atoms with Gasteiger partial charge >= 0.3 is 5.97 Å². The number of aromatic carboxylic acids is 1. The number of carboxylic acids is 1. The van der Waals surface area contributed by atoms with E-state index in [1.807, 2.05) is 6.07 Å². The van der Waals surface area contributed by atoms with E-state index in [2.05, 4.69) is 0 Å². The number of carbonyl (C=O) groups is 2. The van der Waals surface area contributed by atoms with E-state index in [1.165, 1.54) is 6.92 Å². The molecule has 0 aliphatic rings. The Morgan fingerprint density at radius 1 is 0.958 bits per heavy atom. The van der Waals surface area contributed by atoms with Gasteiger partial charge in [0.05, 0.1) is 17.1 Å². The Labute approximate surface area is 149 Å². The van der Waals surface area contributed by atoms with Crippen molar-refractivity contribution in [3.63, 3.8) is 0 Å². The van der Waals surface area contributed by atoms with Crippen molar-refractivity contribution in [2.75, 3.05) is 11.5 Å². The fourth-order valence-corrected chi connectivity index (χ4v) is 4.17. The summed E-state index contributed by atoms with van der Waals surface area (Å²) in [7, 11) is 0. The molecule has 2 aromatic heterocycles. The molecular weight excluding hydrogens is 348 g/mol. The summed E-state index contributed by atoms with van der Waals surface area (Å²) >= 11 is 3.43. The molecule has 0 spiro atoms. The molecule has 2 aromatic rings. The second-order valence-corrected chi connectivity index (χ2v) is 7.54. The number of aryl methyl sites for hydroxylation is 2. The number of Topliss-reactive ketones (excluding diaryl/α,β-unsaturated/α-hetero) is 1. The molecule has 7 heteroatoms. The SMILES string of the molecule is CC(=O)c1cc(CSCCSCc2cc(C(=O)O)c(C)o2)oc1C. The summed E-state index contributed by atoms with van der Waals surface area (Å²) in [5.41, 5.74) is 0.886. The second kappa shape index (κ2) is 8.48. The average Bonchev–Trinajstić information content (AvgIpc) is 3.05. The van der Waals surface area contributed by atoms with Crippen molar-refractivity contribution in [3.8, 4) is 0 Å². The van der Waals surface area contributed by atoms with Crippen LogP contribution in [0.3, 0.4) is 0 Å². The van der Waals surface area contributed by atoms with Gasteiger partial charge in [-0.2, -0.15) is 23.5 Å². The van der Waals surface area contributed by atoms with Crippen molar-refractivity contribution in [2.24, 2.45) is 0 Å². The van der Waals surface area contributed by atoms with Crippen LogP contribution in [0.4, 0.5) is 0 Å². The average molecular weight is 368 g/mol. The predicted octanol–water partition coefficient (Wildman–Crippen LogP) is 4.56. The molecule has 0 saturated heterocycles.